The van der Waals surface area contributed by atoms with E-state index in [1.165, 1.54) is 23.1 Å². The van der Waals surface area contributed by atoms with Crippen molar-refractivity contribution in [1.82, 2.24) is 10.2 Å². The van der Waals surface area contributed by atoms with E-state index in [1.54, 1.807) is 6.07 Å². The zero-order valence-corrected chi connectivity index (χ0v) is 12.3. The van der Waals surface area contributed by atoms with Gasteiger partial charge in [0.15, 0.2) is 6.10 Å². The van der Waals surface area contributed by atoms with Gasteiger partial charge in [-0.25, -0.2) is 9.18 Å². The van der Waals surface area contributed by atoms with E-state index in [4.69, 9.17) is 0 Å². The van der Waals surface area contributed by atoms with Crippen LogP contribution < -0.4 is 5.32 Å². The van der Waals surface area contributed by atoms with E-state index in [0.29, 0.717) is 5.56 Å². The molecule has 0 radical (unpaired) electrons. The van der Waals surface area contributed by atoms with Gasteiger partial charge in [-0.15, -0.1) is 0 Å². The van der Waals surface area contributed by atoms with Crippen LogP contribution in [0.5, 0.6) is 0 Å². The molecule has 0 aliphatic carbocycles. The number of amides is 2. The normalized spacial score (nSPS) is 17.9. The molecule has 1 atom stereocenters. The van der Waals surface area contributed by atoms with Crippen LogP contribution in [0.15, 0.2) is 24.3 Å². The van der Waals surface area contributed by atoms with E-state index >= 15 is 0 Å². The van der Waals surface area contributed by atoms with Crippen LogP contribution in [0.1, 0.15) is 18.4 Å². The van der Waals surface area contributed by atoms with Crippen molar-refractivity contribution in [2.24, 2.45) is 5.92 Å². The molecule has 0 spiro atoms. The van der Waals surface area contributed by atoms with E-state index in [1.807, 2.05) is 0 Å². The number of aliphatic hydroxyl groups is 1. The second-order valence-corrected chi connectivity index (χ2v) is 5.60. The van der Waals surface area contributed by atoms with Gasteiger partial charge in [0.2, 0.25) is 0 Å². The molecule has 2 rings (SSSR count). The fraction of sp³-hybridized carbons (Fsp3) is 0.533. The highest BCUT2D eigenvalue weighted by Crippen LogP contribution is 2.31. The lowest BCUT2D eigenvalue weighted by molar-refractivity contribution is -0.222. The maximum absolute atomic E-state index is 13.0. The topological polar surface area (TPSA) is 52.6 Å². The van der Waals surface area contributed by atoms with Gasteiger partial charge in [-0.05, 0) is 36.5 Å². The summed E-state index contributed by atoms with van der Waals surface area (Å²) >= 11 is 0. The Kier molecular flexibility index (Phi) is 5.46. The molecule has 1 unspecified atom stereocenters. The predicted molar refractivity (Wildman–Crippen MR) is 75.0 cm³/mol. The largest absolute Gasteiger partial charge is 0.414 e. The van der Waals surface area contributed by atoms with Crippen LogP contribution in [-0.2, 0) is 6.54 Å². The van der Waals surface area contributed by atoms with Gasteiger partial charge in [0, 0.05) is 19.6 Å². The number of nitrogens with one attached hydrogen (secondary N) is 1. The SMILES string of the molecule is O=C(NCc1cccc(F)c1)N1CCC(C(O)C(F)(F)F)CC1. The molecule has 0 saturated carbocycles. The average Bonchev–Trinajstić information content (AvgIpc) is 2.51. The second-order valence-electron chi connectivity index (χ2n) is 5.60. The van der Waals surface area contributed by atoms with E-state index in [-0.39, 0.29) is 32.5 Å². The third-order valence-electron chi connectivity index (χ3n) is 3.94. The summed E-state index contributed by atoms with van der Waals surface area (Å²) in [6.07, 6.45) is -6.80. The van der Waals surface area contributed by atoms with Crippen molar-refractivity contribution < 1.29 is 27.5 Å². The fourth-order valence-electron chi connectivity index (χ4n) is 2.62. The van der Waals surface area contributed by atoms with Crippen molar-refractivity contribution in [2.45, 2.75) is 31.7 Å². The zero-order valence-electron chi connectivity index (χ0n) is 12.3. The summed E-state index contributed by atoms with van der Waals surface area (Å²) in [4.78, 5) is 13.4. The molecular weight excluding hydrogens is 316 g/mol. The molecule has 1 fully saturated rings. The lowest BCUT2D eigenvalue weighted by atomic mass is 9.91. The van der Waals surface area contributed by atoms with Crippen LogP contribution in [0, 0.1) is 11.7 Å². The molecule has 4 nitrogen and oxygen atoms in total. The van der Waals surface area contributed by atoms with Gasteiger partial charge in [-0.1, -0.05) is 12.1 Å². The van der Waals surface area contributed by atoms with Crippen LogP contribution in [-0.4, -0.2) is 41.4 Å². The third kappa shape index (κ3) is 4.82. The number of urea groups is 1. The van der Waals surface area contributed by atoms with Crippen molar-refractivity contribution in [3.05, 3.63) is 35.6 Å². The first-order valence-electron chi connectivity index (χ1n) is 7.29. The van der Waals surface area contributed by atoms with E-state index in [9.17, 15) is 27.5 Å². The smallest absolute Gasteiger partial charge is 0.383 e. The van der Waals surface area contributed by atoms with E-state index < -0.39 is 30.0 Å². The Bertz CT molecular complexity index is 543. The summed E-state index contributed by atoms with van der Waals surface area (Å²) in [5, 5.41) is 11.8. The molecule has 2 N–H and O–H groups in total. The van der Waals surface area contributed by atoms with Crippen molar-refractivity contribution in [2.75, 3.05) is 13.1 Å². The van der Waals surface area contributed by atoms with Gasteiger partial charge in [-0.3, -0.25) is 0 Å². The Labute approximate surface area is 131 Å². The number of nitrogens with zero attached hydrogens (tertiary/aromatic N) is 1. The summed E-state index contributed by atoms with van der Waals surface area (Å²) in [6, 6.07) is 5.37. The maximum Gasteiger partial charge on any atom is 0.414 e. The zero-order chi connectivity index (χ0) is 17.0. The number of carbonyl (C=O) groups excluding carboxylic acids is 1. The first-order chi connectivity index (χ1) is 10.8. The fourth-order valence-corrected chi connectivity index (χ4v) is 2.62. The summed E-state index contributed by atoms with van der Waals surface area (Å²) in [5.41, 5.74) is 0.598. The second kappa shape index (κ2) is 7.16. The standard InChI is InChI=1S/C15H18F4N2O2/c16-12-3-1-2-10(8-12)9-20-14(23)21-6-4-11(5-7-21)13(22)15(17,18)19/h1-3,8,11,13,22H,4-7,9H2,(H,20,23). The summed E-state index contributed by atoms with van der Waals surface area (Å²) in [5.74, 6) is -1.29. The molecule has 128 valence electrons. The van der Waals surface area contributed by atoms with Crippen LogP contribution in [0.2, 0.25) is 0 Å². The summed E-state index contributed by atoms with van der Waals surface area (Å²) in [7, 11) is 0. The highest BCUT2D eigenvalue weighted by molar-refractivity contribution is 5.74. The molecule has 8 heteroatoms. The molecule has 1 saturated heterocycles. The van der Waals surface area contributed by atoms with Crippen molar-refractivity contribution in [3.8, 4) is 0 Å². The van der Waals surface area contributed by atoms with Crippen molar-refractivity contribution in [3.63, 3.8) is 0 Å². The number of hydrogen-bond donors (Lipinski definition) is 2. The van der Waals surface area contributed by atoms with Gasteiger partial charge in [0.05, 0.1) is 0 Å². The van der Waals surface area contributed by atoms with Gasteiger partial charge in [-0.2, -0.15) is 13.2 Å². The quantitative estimate of drug-likeness (QED) is 0.835. The number of rotatable bonds is 3. The monoisotopic (exact) mass is 334 g/mol. The highest BCUT2D eigenvalue weighted by Gasteiger charge is 2.44. The number of alkyl halides is 3. The minimum Gasteiger partial charge on any atom is -0.383 e. The molecular formula is C15H18F4N2O2. The first kappa shape index (κ1) is 17.5. The van der Waals surface area contributed by atoms with E-state index in [2.05, 4.69) is 5.32 Å². The average molecular weight is 334 g/mol. The molecule has 1 aromatic rings. The molecule has 1 aliphatic rings. The third-order valence-corrected chi connectivity index (χ3v) is 3.94. The maximum atomic E-state index is 13.0. The minimum absolute atomic E-state index is 0.0913. The number of carbonyl (C=O) groups is 1. The number of halogens is 4. The Morgan fingerprint density at radius 1 is 1.35 bits per heavy atom. The lowest BCUT2D eigenvalue weighted by Gasteiger charge is -2.34. The Balaban J connectivity index is 1.80. The Morgan fingerprint density at radius 2 is 2.00 bits per heavy atom. The Morgan fingerprint density at radius 3 is 2.57 bits per heavy atom. The molecule has 1 aliphatic heterocycles. The van der Waals surface area contributed by atoms with Gasteiger partial charge >= 0.3 is 12.2 Å². The predicted octanol–water partition coefficient (Wildman–Crippen LogP) is 2.67. The van der Waals surface area contributed by atoms with Gasteiger partial charge in [0.1, 0.15) is 5.82 Å². The highest BCUT2D eigenvalue weighted by atomic mass is 19.4. The molecule has 1 heterocycles. The molecule has 0 bridgehead atoms. The number of likely N-dealkylation sites (tertiary alicyclic amines) is 1. The number of aliphatic hydroxyl groups excluding tert-OH is 1. The van der Waals surface area contributed by atoms with E-state index in [0.717, 1.165) is 0 Å². The minimum atomic E-state index is -4.63. The number of benzene rings is 1. The van der Waals surface area contributed by atoms with Gasteiger partial charge < -0.3 is 15.3 Å². The summed E-state index contributed by atoms with van der Waals surface area (Å²) in [6.45, 7) is 0.432. The van der Waals surface area contributed by atoms with Crippen LogP contribution >= 0.6 is 0 Å². The van der Waals surface area contributed by atoms with Crippen molar-refractivity contribution in [1.29, 1.82) is 0 Å². The van der Waals surface area contributed by atoms with Gasteiger partial charge in [0.25, 0.3) is 0 Å². The van der Waals surface area contributed by atoms with Crippen molar-refractivity contribution >= 4 is 6.03 Å². The molecule has 2 amide bonds. The van der Waals surface area contributed by atoms with Crippen LogP contribution in [0.4, 0.5) is 22.4 Å². The first-order valence-corrected chi connectivity index (χ1v) is 7.29. The number of piperidine rings is 1. The van der Waals surface area contributed by atoms with Crippen LogP contribution in [0.3, 0.4) is 0 Å². The molecule has 0 aromatic heterocycles. The molecule has 23 heavy (non-hydrogen) atoms. The molecule has 1 aromatic carbocycles. The number of hydrogen-bond acceptors (Lipinski definition) is 2. The lowest BCUT2D eigenvalue weighted by Crippen LogP contribution is -2.48. The van der Waals surface area contributed by atoms with Crippen LogP contribution in [0.25, 0.3) is 0 Å². The summed E-state index contributed by atoms with van der Waals surface area (Å²) < 4.78 is 50.4. The Hall–Kier alpha value is -1.83.